The van der Waals surface area contributed by atoms with Crippen molar-refractivity contribution >= 4 is 11.2 Å². The second kappa shape index (κ2) is 17.2. The first-order valence-corrected chi connectivity index (χ1v) is 23.9. The highest BCUT2D eigenvalue weighted by atomic mass is 16.3. The lowest BCUT2D eigenvalue weighted by Gasteiger charge is -2.28. The number of pyridine rings is 2. The number of benzene rings is 6. The molecule has 9 aromatic rings. The first-order valence-electron chi connectivity index (χ1n) is 23.9. The molecule has 9 rings (SSSR count). The predicted octanol–water partition coefficient (Wildman–Crippen LogP) is 16.7. The van der Waals surface area contributed by atoms with Gasteiger partial charge in [0.1, 0.15) is 11.3 Å². The molecule has 0 unspecified atom stereocenters. The van der Waals surface area contributed by atoms with Crippen molar-refractivity contribution in [3.63, 3.8) is 0 Å². The minimum Gasteiger partial charge on any atom is -0.507 e. The van der Waals surface area contributed by atoms with Gasteiger partial charge in [0.05, 0.1) is 16.9 Å². The Labute approximate surface area is 403 Å². The van der Waals surface area contributed by atoms with Crippen LogP contribution in [0.2, 0.25) is 0 Å². The van der Waals surface area contributed by atoms with Crippen LogP contribution in [-0.4, -0.2) is 24.6 Å². The molecule has 0 amide bonds. The second-order valence-corrected chi connectivity index (χ2v) is 22.4. The molecule has 1 N–H and O–H groups in total. The fraction of sp³-hybridized carbons (Fsp3) is 0.254. The Morgan fingerprint density at radius 1 is 0.412 bits per heavy atom. The van der Waals surface area contributed by atoms with Crippen LogP contribution in [0.5, 0.6) is 5.75 Å². The number of aromatic hydroxyl groups is 1. The van der Waals surface area contributed by atoms with Gasteiger partial charge in [0, 0.05) is 40.2 Å². The van der Waals surface area contributed by atoms with E-state index in [1.54, 1.807) is 0 Å². The summed E-state index contributed by atoms with van der Waals surface area (Å²) in [5.41, 5.74) is 16.9. The van der Waals surface area contributed by atoms with Crippen LogP contribution in [0, 0.1) is 0 Å². The Morgan fingerprint density at radius 2 is 0.926 bits per heavy atom. The van der Waals surface area contributed by atoms with Crippen LogP contribution in [0.3, 0.4) is 0 Å². The van der Waals surface area contributed by atoms with Gasteiger partial charge in [-0.25, -0.2) is 9.97 Å². The van der Waals surface area contributed by atoms with Crippen molar-refractivity contribution in [2.75, 3.05) is 0 Å². The highest BCUT2D eigenvalue weighted by Crippen LogP contribution is 2.47. The van der Waals surface area contributed by atoms with Gasteiger partial charge < -0.3 is 5.11 Å². The summed E-state index contributed by atoms with van der Waals surface area (Å²) in [5.74, 6) is 0.840. The maximum Gasteiger partial charge on any atom is 0.165 e. The van der Waals surface area contributed by atoms with Gasteiger partial charge in [-0.05, 0) is 96.5 Å². The van der Waals surface area contributed by atoms with Crippen molar-refractivity contribution in [2.45, 2.75) is 105 Å². The number of phenols is 1. The number of para-hydroxylation sites is 1. The molecule has 0 aliphatic carbocycles. The van der Waals surface area contributed by atoms with Crippen molar-refractivity contribution in [2.24, 2.45) is 0 Å². The lowest BCUT2D eigenvalue weighted by molar-refractivity contribution is 0.446. The van der Waals surface area contributed by atoms with Gasteiger partial charge in [0.15, 0.2) is 11.5 Å². The molecule has 6 aromatic carbocycles. The average molecular weight is 893 g/mol. The topological polar surface area (TPSA) is 63.8 Å². The molecule has 0 atom stereocenters. The summed E-state index contributed by atoms with van der Waals surface area (Å²) in [7, 11) is 0. The van der Waals surface area contributed by atoms with E-state index in [2.05, 4.69) is 246 Å². The number of rotatable bonds is 7. The molecule has 0 radical (unpaired) electrons. The molecule has 0 aliphatic rings. The van der Waals surface area contributed by atoms with Crippen LogP contribution in [0.15, 0.2) is 164 Å². The third-order valence-corrected chi connectivity index (χ3v) is 13.2. The van der Waals surface area contributed by atoms with Crippen molar-refractivity contribution < 1.29 is 5.11 Å². The summed E-state index contributed by atoms with van der Waals surface area (Å²) in [6.45, 7) is 26.7. The standard InChI is InChI=1S/C63H64N4O/c1-60(2,3)45-34-43(33-44(35-45)54-38-50(42-27-20-15-21-28-42)53(39-65-54)63(10,11)12)47-31-32-64-59-55(47)66-58(51-36-46(61(4,5)6)37-52(57(51)68)62(7,8)9)67(59)56-48(40-23-16-13-17-24-40)29-22-30-49(56)41-25-18-14-19-26-41/h13-39,68H,1-12H3. The number of nitrogens with zero attached hydrogens (tertiary/aromatic N) is 4. The van der Waals surface area contributed by atoms with Crippen LogP contribution < -0.4 is 0 Å². The largest absolute Gasteiger partial charge is 0.507 e. The fourth-order valence-electron chi connectivity index (χ4n) is 9.33. The van der Waals surface area contributed by atoms with Crippen molar-refractivity contribution in [1.29, 1.82) is 0 Å². The van der Waals surface area contributed by atoms with Crippen LogP contribution in [-0.2, 0) is 21.7 Å². The molecule has 0 bridgehead atoms. The minimum atomic E-state index is -0.360. The SMILES string of the molecule is CC(C)(C)c1cc(-c2cc(-c3ccccc3)c(C(C)(C)C)cn2)cc(-c2ccnc3c2nc(-c2cc(C(C)(C)C)cc(C(C)(C)C)c2O)n3-c2c(-c3ccccc3)cccc2-c2ccccc2)c1. The van der Waals surface area contributed by atoms with Gasteiger partial charge in [-0.15, -0.1) is 0 Å². The maximum atomic E-state index is 12.7. The zero-order valence-electron chi connectivity index (χ0n) is 41.8. The normalized spacial score (nSPS) is 12.5. The summed E-state index contributed by atoms with van der Waals surface area (Å²) < 4.78 is 2.21. The van der Waals surface area contributed by atoms with Crippen LogP contribution >= 0.6 is 0 Å². The second-order valence-electron chi connectivity index (χ2n) is 22.4. The van der Waals surface area contributed by atoms with Gasteiger partial charge in [0.25, 0.3) is 0 Å². The van der Waals surface area contributed by atoms with Gasteiger partial charge in [0.2, 0.25) is 0 Å². The third-order valence-electron chi connectivity index (χ3n) is 13.2. The summed E-state index contributed by atoms with van der Waals surface area (Å²) in [6, 6.07) is 53.8. The monoisotopic (exact) mass is 893 g/mol. The molecule has 0 spiro atoms. The molecular weight excluding hydrogens is 829 g/mol. The lowest BCUT2D eigenvalue weighted by Crippen LogP contribution is -2.17. The number of phenolic OH excluding ortho intramolecular Hbond substituents is 1. The Hall–Kier alpha value is -7.11. The molecule has 5 nitrogen and oxygen atoms in total. The first-order chi connectivity index (χ1) is 32.2. The van der Waals surface area contributed by atoms with Gasteiger partial charge in [-0.1, -0.05) is 204 Å². The minimum absolute atomic E-state index is 0.109. The quantitative estimate of drug-likeness (QED) is 0.173. The maximum absolute atomic E-state index is 12.7. The number of fused-ring (bicyclic) bond motifs is 1. The summed E-state index contributed by atoms with van der Waals surface area (Å²) in [5, 5.41) is 12.7. The molecule has 0 saturated heterocycles. The van der Waals surface area contributed by atoms with Gasteiger partial charge >= 0.3 is 0 Å². The highest BCUT2D eigenvalue weighted by molar-refractivity contribution is 5.98. The van der Waals surface area contributed by atoms with E-state index in [0.29, 0.717) is 17.0 Å². The fourth-order valence-corrected chi connectivity index (χ4v) is 9.33. The average Bonchev–Trinajstić information content (AvgIpc) is 3.70. The lowest BCUT2D eigenvalue weighted by atomic mass is 9.79. The van der Waals surface area contributed by atoms with E-state index < -0.39 is 0 Å². The molecule has 342 valence electrons. The predicted molar refractivity (Wildman–Crippen MR) is 286 cm³/mol. The van der Waals surface area contributed by atoms with E-state index in [4.69, 9.17) is 15.0 Å². The van der Waals surface area contributed by atoms with Gasteiger partial charge in [-0.3, -0.25) is 9.55 Å². The van der Waals surface area contributed by atoms with Crippen molar-refractivity contribution in [3.05, 3.63) is 186 Å². The number of hydrogen-bond donors (Lipinski definition) is 1. The molecule has 3 heterocycles. The molecule has 0 saturated carbocycles. The Balaban J connectivity index is 1.40. The third kappa shape index (κ3) is 8.78. The number of hydrogen-bond acceptors (Lipinski definition) is 4. The zero-order valence-corrected chi connectivity index (χ0v) is 41.8. The highest BCUT2D eigenvalue weighted by Gasteiger charge is 2.31. The smallest absolute Gasteiger partial charge is 0.165 e. The molecule has 3 aromatic heterocycles. The summed E-state index contributed by atoms with van der Waals surface area (Å²) >= 11 is 0. The summed E-state index contributed by atoms with van der Waals surface area (Å²) in [4.78, 5) is 16.2. The van der Waals surface area contributed by atoms with E-state index in [9.17, 15) is 5.11 Å². The zero-order chi connectivity index (χ0) is 48.3. The number of imidazole rings is 1. The molecular formula is C63H64N4O. The van der Waals surface area contributed by atoms with Crippen molar-refractivity contribution in [3.8, 4) is 78.6 Å². The number of aromatic nitrogens is 4. The van der Waals surface area contributed by atoms with E-state index in [1.165, 1.54) is 22.3 Å². The summed E-state index contributed by atoms with van der Waals surface area (Å²) in [6.07, 6.45) is 3.98. The Kier molecular flexibility index (Phi) is 11.6. The van der Waals surface area contributed by atoms with E-state index in [-0.39, 0.29) is 27.4 Å². The van der Waals surface area contributed by atoms with Crippen LogP contribution in [0.25, 0.3) is 84.0 Å². The van der Waals surface area contributed by atoms with E-state index >= 15 is 0 Å². The Morgan fingerprint density at radius 3 is 1.46 bits per heavy atom. The van der Waals surface area contributed by atoms with E-state index in [1.807, 2.05) is 6.20 Å². The molecule has 5 heteroatoms. The Bertz CT molecular complexity index is 3240. The van der Waals surface area contributed by atoms with Gasteiger partial charge in [-0.2, -0.15) is 0 Å². The molecule has 0 fully saturated rings. The van der Waals surface area contributed by atoms with Crippen molar-refractivity contribution in [1.82, 2.24) is 19.5 Å². The molecule has 68 heavy (non-hydrogen) atoms. The van der Waals surface area contributed by atoms with Crippen LogP contribution in [0.4, 0.5) is 0 Å². The van der Waals surface area contributed by atoms with E-state index in [0.717, 1.165) is 67.0 Å². The first kappa shape index (κ1) is 46.0. The van der Waals surface area contributed by atoms with Crippen LogP contribution in [0.1, 0.15) is 105 Å². The molecule has 0 aliphatic heterocycles.